The van der Waals surface area contributed by atoms with E-state index in [2.05, 4.69) is 30.9 Å². The number of likely N-dealkylation sites (tertiary alicyclic amines) is 1. The standard InChI is InChI=1S/C14H19BrN4O2/c15-11-5-12(17-20)14(16)13(6-11)19-8-10(9-19)7-18-1-3-21-4-2-18/h5-6,10,16,20H,1-4,7-9H2/b16-14?,17-12-. The highest BCUT2D eigenvalue weighted by Crippen LogP contribution is 2.27. The quantitative estimate of drug-likeness (QED) is 0.455. The van der Waals surface area contributed by atoms with E-state index >= 15 is 0 Å². The highest BCUT2D eigenvalue weighted by molar-refractivity contribution is 9.11. The minimum atomic E-state index is 0.283. The van der Waals surface area contributed by atoms with E-state index in [0.29, 0.717) is 11.6 Å². The van der Waals surface area contributed by atoms with Crippen molar-refractivity contribution >= 4 is 27.4 Å². The molecule has 0 saturated carbocycles. The van der Waals surface area contributed by atoms with Gasteiger partial charge in [-0.25, -0.2) is 0 Å². The Morgan fingerprint density at radius 2 is 2.05 bits per heavy atom. The number of nitrogens with one attached hydrogen (secondary N) is 1. The van der Waals surface area contributed by atoms with E-state index in [1.54, 1.807) is 6.08 Å². The van der Waals surface area contributed by atoms with Crippen molar-refractivity contribution < 1.29 is 9.94 Å². The minimum Gasteiger partial charge on any atom is -0.410 e. The van der Waals surface area contributed by atoms with E-state index in [0.717, 1.165) is 56.1 Å². The molecule has 0 radical (unpaired) electrons. The highest BCUT2D eigenvalue weighted by Gasteiger charge is 2.33. The Hall–Kier alpha value is -1.18. The number of hydrogen-bond acceptors (Lipinski definition) is 6. The second-order valence-electron chi connectivity index (χ2n) is 5.60. The van der Waals surface area contributed by atoms with Gasteiger partial charge in [0.05, 0.1) is 18.9 Å². The molecule has 0 unspecified atom stereocenters. The van der Waals surface area contributed by atoms with Gasteiger partial charge in [0.1, 0.15) is 11.4 Å². The predicted octanol–water partition coefficient (Wildman–Crippen LogP) is 1.28. The van der Waals surface area contributed by atoms with E-state index in [-0.39, 0.29) is 5.71 Å². The average molecular weight is 355 g/mol. The number of halogens is 1. The first kappa shape index (κ1) is 14.7. The van der Waals surface area contributed by atoms with E-state index in [1.165, 1.54) is 0 Å². The van der Waals surface area contributed by atoms with Gasteiger partial charge in [-0.3, -0.25) is 10.3 Å². The smallest absolute Gasteiger partial charge is 0.130 e. The molecule has 1 aliphatic carbocycles. The van der Waals surface area contributed by atoms with Crippen LogP contribution in [0.15, 0.2) is 27.5 Å². The van der Waals surface area contributed by atoms with Crippen LogP contribution in [-0.4, -0.2) is 72.4 Å². The predicted molar refractivity (Wildman–Crippen MR) is 84.4 cm³/mol. The molecule has 2 fully saturated rings. The van der Waals surface area contributed by atoms with Crippen molar-refractivity contribution in [2.45, 2.75) is 0 Å². The lowest BCUT2D eigenvalue weighted by Crippen LogP contribution is -2.53. The topological polar surface area (TPSA) is 72.2 Å². The molecule has 2 aliphatic heterocycles. The zero-order valence-corrected chi connectivity index (χ0v) is 13.3. The molecule has 6 nitrogen and oxygen atoms in total. The van der Waals surface area contributed by atoms with E-state index < -0.39 is 0 Å². The first-order valence-corrected chi connectivity index (χ1v) is 7.92. The Kier molecular flexibility index (Phi) is 4.42. The fourth-order valence-electron chi connectivity index (χ4n) is 2.94. The third-order valence-corrected chi connectivity index (χ3v) is 4.55. The summed E-state index contributed by atoms with van der Waals surface area (Å²) in [6.07, 6.45) is 3.57. The molecule has 3 rings (SSSR count). The lowest BCUT2D eigenvalue weighted by molar-refractivity contribution is 0.0140. The van der Waals surface area contributed by atoms with Crippen molar-refractivity contribution in [3.63, 3.8) is 0 Å². The lowest BCUT2D eigenvalue weighted by atomic mass is 9.95. The molecule has 2 heterocycles. The van der Waals surface area contributed by atoms with E-state index in [9.17, 15) is 0 Å². The Balaban J connectivity index is 1.56. The van der Waals surface area contributed by atoms with Crippen LogP contribution < -0.4 is 0 Å². The Morgan fingerprint density at radius 1 is 1.33 bits per heavy atom. The van der Waals surface area contributed by atoms with Crippen LogP contribution >= 0.6 is 15.9 Å². The Labute approximate surface area is 132 Å². The molecule has 114 valence electrons. The summed E-state index contributed by atoms with van der Waals surface area (Å²) in [5, 5.41) is 20.2. The lowest BCUT2D eigenvalue weighted by Gasteiger charge is -2.45. The molecule has 0 aromatic rings. The number of hydrogen-bond donors (Lipinski definition) is 2. The number of rotatable bonds is 3. The highest BCUT2D eigenvalue weighted by atomic mass is 79.9. The van der Waals surface area contributed by atoms with Gasteiger partial charge in [-0.05, 0) is 12.2 Å². The van der Waals surface area contributed by atoms with Gasteiger partial charge in [-0.1, -0.05) is 21.1 Å². The van der Waals surface area contributed by atoms with Crippen LogP contribution in [0, 0.1) is 11.3 Å². The molecule has 0 bridgehead atoms. The number of oxime groups is 1. The third kappa shape index (κ3) is 3.20. The maximum absolute atomic E-state index is 8.96. The molecule has 0 aromatic heterocycles. The summed E-state index contributed by atoms with van der Waals surface area (Å²) < 4.78 is 6.19. The molecule has 7 heteroatoms. The zero-order valence-electron chi connectivity index (χ0n) is 11.8. The summed E-state index contributed by atoms with van der Waals surface area (Å²) in [6, 6.07) is 0. The van der Waals surface area contributed by atoms with Crippen LogP contribution in [0.2, 0.25) is 0 Å². The maximum Gasteiger partial charge on any atom is 0.130 e. The van der Waals surface area contributed by atoms with Gasteiger partial charge < -0.3 is 14.8 Å². The molecule has 0 atom stereocenters. The molecule has 0 amide bonds. The summed E-state index contributed by atoms with van der Waals surface area (Å²) in [6.45, 7) is 6.70. The van der Waals surface area contributed by atoms with Gasteiger partial charge in [0.2, 0.25) is 0 Å². The van der Waals surface area contributed by atoms with Crippen LogP contribution in [0.25, 0.3) is 0 Å². The third-order valence-electron chi connectivity index (χ3n) is 4.09. The summed E-state index contributed by atoms with van der Waals surface area (Å²) in [5.74, 6) is 0.635. The summed E-state index contributed by atoms with van der Waals surface area (Å²) in [5.41, 5.74) is 1.41. The van der Waals surface area contributed by atoms with Gasteiger partial charge in [-0.2, -0.15) is 0 Å². The normalized spacial score (nSPS) is 26.6. The number of nitrogens with zero attached hydrogens (tertiary/aromatic N) is 3. The Bertz CT molecular complexity index is 517. The van der Waals surface area contributed by atoms with Gasteiger partial charge >= 0.3 is 0 Å². The molecular weight excluding hydrogens is 336 g/mol. The SMILES string of the molecule is N=C1C(N2CC(CN3CCOCC3)C2)=CC(Br)=C/C1=N/O. The van der Waals surface area contributed by atoms with Crippen molar-refractivity contribution in [3.05, 3.63) is 22.3 Å². The average Bonchev–Trinajstić information content (AvgIpc) is 2.46. The van der Waals surface area contributed by atoms with Crippen molar-refractivity contribution in [2.75, 3.05) is 45.9 Å². The molecule has 0 aromatic carbocycles. The minimum absolute atomic E-state index is 0.283. The first-order valence-electron chi connectivity index (χ1n) is 7.12. The second-order valence-corrected chi connectivity index (χ2v) is 6.52. The largest absolute Gasteiger partial charge is 0.410 e. The molecule has 0 spiro atoms. The van der Waals surface area contributed by atoms with Crippen molar-refractivity contribution in [2.24, 2.45) is 11.1 Å². The molecule has 3 aliphatic rings. The number of ether oxygens (including phenoxy) is 1. The fraction of sp³-hybridized carbons (Fsp3) is 0.571. The van der Waals surface area contributed by atoms with Crippen LogP contribution in [0.3, 0.4) is 0 Å². The van der Waals surface area contributed by atoms with Crippen LogP contribution in [-0.2, 0) is 4.74 Å². The summed E-state index contributed by atoms with van der Waals surface area (Å²) in [7, 11) is 0. The van der Waals surface area contributed by atoms with Gasteiger partial charge in [0, 0.05) is 43.1 Å². The van der Waals surface area contributed by atoms with E-state index in [4.69, 9.17) is 15.4 Å². The molecule has 2 N–H and O–H groups in total. The maximum atomic E-state index is 8.96. The Morgan fingerprint density at radius 3 is 2.71 bits per heavy atom. The van der Waals surface area contributed by atoms with E-state index in [1.807, 2.05) is 6.08 Å². The first-order chi connectivity index (χ1) is 10.2. The van der Waals surface area contributed by atoms with Crippen molar-refractivity contribution in [3.8, 4) is 0 Å². The summed E-state index contributed by atoms with van der Waals surface area (Å²) in [4.78, 5) is 4.62. The second kappa shape index (κ2) is 6.29. The molecule has 21 heavy (non-hydrogen) atoms. The fourth-order valence-corrected chi connectivity index (χ4v) is 3.37. The van der Waals surface area contributed by atoms with Crippen LogP contribution in [0.5, 0.6) is 0 Å². The van der Waals surface area contributed by atoms with Crippen LogP contribution in [0.4, 0.5) is 0 Å². The van der Waals surface area contributed by atoms with Gasteiger partial charge in [0.25, 0.3) is 0 Å². The summed E-state index contributed by atoms with van der Waals surface area (Å²) >= 11 is 3.40. The van der Waals surface area contributed by atoms with Crippen molar-refractivity contribution in [1.29, 1.82) is 5.41 Å². The van der Waals surface area contributed by atoms with Gasteiger partial charge in [0.15, 0.2) is 0 Å². The number of allylic oxidation sites excluding steroid dienone is 4. The zero-order chi connectivity index (χ0) is 14.8. The number of morpholine rings is 1. The molecular formula is C14H19BrN4O2. The van der Waals surface area contributed by atoms with Crippen LogP contribution in [0.1, 0.15) is 0 Å². The molecule has 2 saturated heterocycles. The van der Waals surface area contributed by atoms with Crippen molar-refractivity contribution in [1.82, 2.24) is 9.80 Å². The monoisotopic (exact) mass is 354 g/mol. The van der Waals surface area contributed by atoms with Gasteiger partial charge in [-0.15, -0.1) is 0 Å².